The fourth-order valence-electron chi connectivity index (χ4n) is 3.35. The van der Waals surface area contributed by atoms with Gasteiger partial charge in [0.15, 0.2) is 0 Å². The first-order valence-corrected chi connectivity index (χ1v) is 9.17. The van der Waals surface area contributed by atoms with E-state index in [9.17, 15) is 4.79 Å². The third-order valence-corrected chi connectivity index (χ3v) is 4.63. The molecule has 1 aromatic carbocycles. The van der Waals surface area contributed by atoms with E-state index < -0.39 is 0 Å². The Kier molecular flexibility index (Phi) is 5.04. The number of aromatic nitrogens is 3. The number of nitrogens with one attached hydrogen (secondary N) is 2. The molecule has 5 heteroatoms. The maximum atomic E-state index is 12.6. The quantitative estimate of drug-likeness (QED) is 0.630. The number of allylic oxidation sites excluding steroid dienone is 4. The highest BCUT2D eigenvalue weighted by molar-refractivity contribution is 5.84. The van der Waals surface area contributed by atoms with Gasteiger partial charge in [0.2, 0.25) is 5.65 Å². The van der Waals surface area contributed by atoms with Crippen molar-refractivity contribution < 1.29 is 0 Å². The van der Waals surface area contributed by atoms with E-state index in [1.165, 1.54) is 0 Å². The van der Waals surface area contributed by atoms with Crippen LogP contribution in [-0.2, 0) is 6.42 Å². The van der Waals surface area contributed by atoms with Crippen molar-refractivity contribution in [2.24, 2.45) is 0 Å². The number of hydrogen-bond donors (Lipinski definition) is 2. The van der Waals surface area contributed by atoms with Crippen LogP contribution in [0.15, 0.2) is 47.4 Å². The zero-order chi connectivity index (χ0) is 19.7. The van der Waals surface area contributed by atoms with Gasteiger partial charge in [0.1, 0.15) is 0 Å². The number of aryl methyl sites for hydroxylation is 2. The first kappa shape index (κ1) is 18.7. The number of imidazole rings is 1. The molecule has 0 fully saturated rings. The summed E-state index contributed by atoms with van der Waals surface area (Å²) in [5.74, 6) is 0. The maximum absolute atomic E-state index is 12.6. The summed E-state index contributed by atoms with van der Waals surface area (Å²) in [7, 11) is 0. The first-order chi connectivity index (χ1) is 12.9. The summed E-state index contributed by atoms with van der Waals surface area (Å²) in [5.41, 5.74) is 7.78. The second-order valence-corrected chi connectivity index (χ2v) is 6.87. The van der Waals surface area contributed by atoms with Crippen LogP contribution in [0.3, 0.4) is 0 Å². The van der Waals surface area contributed by atoms with E-state index in [1.807, 2.05) is 56.5 Å². The summed E-state index contributed by atoms with van der Waals surface area (Å²) in [5, 5.41) is 3.38. The van der Waals surface area contributed by atoms with E-state index in [0.717, 1.165) is 51.2 Å². The topological polar surface area (TPSA) is 62.2 Å². The molecule has 3 aromatic rings. The van der Waals surface area contributed by atoms with Gasteiger partial charge in [-0.05, 0) is 63.0 Å². The van der Waals surface area contributed by atoms with Crippen LogP contribution in [0.25, 0.3) is 22.3 Å². The zero-order valence-corrected chi connectivity index (χ0v) is 16.6. The van der Waals surface area contributed by atoms with Gasteiger partial charge in [-0.2, -0.15) is 0 Å². The summed E-state index contributed by atoms with van der Waals surface area (Å²) in [6, 6.07) is 4.06. The molecule has 2 N–H and O–H groups in total. The summed E-state index contributed by atoms with van der Waals surface area (Å²) < 4.78 is 1.96. The van der Waals surface area contributed by atoms with E-state index in [-0.39, 0.29) is 5.56 Å². The predicted octanol–water partition coefficient (Wildman–Crippen LogP) is 4.97. The van der Waals surface area contributed by atoms with E-state index in [0.29, 0.717) is 5.65 Å². The molecule has 0 spiro atoms. The average Bonchev–Trinajstić information content (AvgIpc) is 3.01. The van der Waals surface area contributed by atoms with Crippen molar-refractivity contribution in [2.45, 2.75) is 41.0 Å². The van der Waals surface area contributed by atoms with Gasteiger partial charge >= 0.3 is 0 Å². The van der Waals surface area contributed by atoms with Crippen LogP contribution in [-0.4, -0.2) is 14.4 Å². The minimum absolute atomic E-state index is 0.186. The van der Waals surface area contributed by atoms with Crippen molar-refractivity contribution in [1.29, 1.82) is 0 Å². The molecule has 0 aliphatic carbocycles. The van der Waals surface area contributed by atoms with Crippen molar-refractivity contribution in [3.63, 3.8) is 0 Å². The molecule has 3 rings (SSSR count). The third kappa shape index (κ3) is 3.33. The molecule has 5 nitrogen and oxygen atoms in total. The van der Waals surface area contributed by atoms with Gasteiger partial charge in [0.25, 0.3) is 5.56 Å². The molecular formula is C22H26N4O. The molecule has 0 saturated carbocycles. The van der Waals surface area contributed by atoms with Gasteiger partial charge in [-0.1, -0.05) is 25.7 Å². The Morgan fingerprint density at radius 3 is 2.74 bits per heavy atom. The molecule has 140 valence electrons. The second-order valence-electron chi connectivity index (χ2n) is 6.87. The summed E-state index contributed by atoms with van der Waals surface area (Å²) in [6.45, 7) is 14.1. The van der Waals surface area contributed by atoms with Crippen molar-refractivity contribution in [3.05, 3.63) is 69.9 Å². The van der Waals surface area contributed by atoms with Crippen molar-refractivity contribution >= 4 is 27.9 Å². The fraction of sp³-hybridized carbons (Fsp3) is 0.273. The third-order valence-electron chi connectivity index (χ3n) is 4.63. The van der Waals surface area contributed by atoms with E-state index in [4.69, 9.17) is 0 Å². The van der Waals surface area contributed by atoms with Crippen molar-refractivity contribution in [2.75, 3.05) is 5.32 Å². The number of fused-ring (bicyclic) bond motifs is 3. The first-order valence-electron chi connectivity index (χ1n) is 9.17. The Balaban J connectivity index is 2.32. The molecule has 27 heavy (non-hydrogen) atoms. The summed E-state index contributed by atoms with van der Waals surface area (Å²) in [6.07, 6.45) is 6.79. The highest BCUT2D eigenvalue weighted by Gasteiger charge is 2.17. The number of aromatic amines is 1. The van der Waals surface area contributed by atoms with Crippen LogP contribution in [0.1, 0.15) is 44.6 Å². The number of benzene rings is 1. The molecule has 0 aliphatic heterocycles. The lowest BCUT2D eigenvalue weighted by molar-refractivity contribution is 1.00. The molecule has 2 heterocycles. The predicted molar refractivity (Wildman–Crippen MR) is 114 cm³/mol. The number of H-pyrrole nitrogens is 1. The smallest absolute Gasteiger partial charge is 0.292 e. The highest BCUT2D eigenvalue weighted by atomic mass is 16.1. The van der Waals surface area contributed by atoms with Crippen molar-refractivity contribution in [1.82, 2.24) is 14.4 Å². The minimum Gasteiger partial charge on any atom is -0.361 e. The Morgan fingerprint density at radius 2 is 2.11 bits per heavy atom. The molecular weight excluding hydrogens is 336 g/mol. The van der Waals surface area contributed by atoms with Crippen LogP contribution in [0.4, 0.5) is 5.69 Å². The average molecular weight is 362 g/mol. The lowest BCUT2D eigenvalue weighted by Crippen LogP contribution is -2.12. The maximum Gasteiger partial charge on any atom is 0.292 e. The largest absolute Gasteiger partial charge is 0.361 e. The summed E-state index contributed by atoms with van der Waals surface area (Å²) >= 11 is 0. The van der Waals surface area contributed by atoms with Gasteiger partial charge in [-0.15, -0.1) is 0 Å². The van der Waals surface area contributed by atoms with Gasteiger partial charge in [-0.3, -0.25) is 9.20 Å². The van der Waals surface area contributed by atoms with Crippen LogP contribution in [0, 0.1) is 6.92 Å². The molecule has 2 aromatic heterocycles. The van der Waals surface area contributed by atoms with E-state index in [1.54, 1.807) is 0 Å². The number of rotatable bonds is 5. The molecule has 0 radical (unpaired) electrons. The lowest BCUT2D eigenvalue weighted by atomic mass is 10.1. The normalized spacial score (nSPS) is 12.4. The van der Waals surface area contributed by atoms with E-state index >= 15 is 0 Å². The van der Waals surface area contributed by atoms with Crippen LogP contribution < -0.4 is 10.9 Å². The monoisotopic (exact) mass is 362 g/mol. The molecule has 0 aliphatic rings. The molecule has 0 unspecified atom stereocenters. The van der Waals surface area contributed by atoms with E-state index in [2.05, 4.69) is 34.9 Å². The molecule has 0 bridgehead atoms. The lowest BCUT2D eigenvalue weighted by Gasteiger charge is -2.11. The highest BCUT2D eigenvalue weighted by Crippen LogP contribution is 2.26. The molecule has 0 saturated heterocycles. The Morgan fingerprint density at radius 1 is 1.37 bits per heavy atom. The minimum atomic E-state index is -0.186. The van der Waals surface area contributed by atoms with Crippen LogP contribution in [0.5, 0.6) is 0 Å². The number of hydrogen-bond acceptors (Lipinski definition) is 3. The van der Waals surface area contributed by atoms with Gasteiger partial charge in [-0.25, -0.2) is 4.98 Å². The molecule has 0 atom stereocenters. The Hall–Kier alpha value is -3.08. The standard InChI is InChI=1S/C22H26N4O/c1-7-9-14(5)12-23-16-11-19-17(10-15(16)6)24-22(27)21-25-20(13(3)4)18(8-2)26(19)21/h7,9-12,23H,3,8H2,1-2,4-6H3,(H,24,27)/b9-7-,14-12-. The van der Waals surface area contributed by atoms with Gasteiger partial charge in [0, 0.05) is 11.9 Å². The Labute approximate surface area is 159 Å². The van der Waals surface area contributed by atoms with Crippen LogP contribution >= 0.6 is 0 Å². The summed E-state index contributed by atoms with van der Waals surface area (Å²) in [4.78, 5) is 20.1. The van der Waals surface area contributed by atoms with Gasteiger partial charge < -0.3 is 10.3 Å². The fourth-order valence-corrected chi connectivity index (χ4v) is 3.35. The SMILES string of the molecule is C=C(C)c1nc2c(=O)[nH]c3cc(C)c(N/C=C(C)\C=C/C)cc3n2c1CC. The van der Waals surface area contributed by atoms with Crippen LogP contribution in [0.2, 0.25) is 0 Å². The van der Waals surface area contributed by atoms with Crippen molar-refractivity contribution in [3.8, 4) is 0 Å². The number of anilines is 1. The zero-order valence-electron chi connectivity index (χ0n) is 16.6. The van der Waals surface area contributed by atoms with Gasteiger partial charge in [0.05, 0.1) is 22.4 Å². The second kappa shape index (κ2) is 7.27. The molecule has 0 amide bonds. The number of nitrogens with zero attached hydrogens (tertiary/aromatic N) is 2. The Bertz CT molecular complexity index is 1160.